The van der Waals surface area contributed by atoms with Crippen molar-refractivity contribution in [3.8, 4) is 0 Å². The van der Waals surface area contributed by atoms with Crippen LogP contribution in [0.3, 0.4) is 0 Å². The van der Waals surface area contributed by atoms with Gasteiger partial charge in [0.1, 0.15) is 0 Å². The van der Waals surface area contributed by atoms with Crippen LogP contribution < -0.4 is 0 Å². The third-order valence-corrected chi connectivity index (χ3v) is 3.89. The van der Waals surface area contributed by atoms with Gasteiger partial charge in [0.25, 0.3) is 11.6 Å². The smallest absolute Gasteiger partial charge is 0.271 e. The van der Waals surface area contributed by atoms with Crippen molar-refractivity contribution >= 4 is 23.2 Å². The first-order valence-corrected chi connectivity index (χ1v) is 6.68. The van der Waals surface area contributed by atoms with Crippen molar-refractivity contribution in [2.24, 2.45) is 5.92 Å². The molecule has 1 heterocycles. The molecule has 1 amide bonds. The Balaban J connectivity index is 2.32. The van der Waals surface area contributed by atoms with Crippen LogP contribution in [0.4, 0.5) is 5.69 Å². The van der Waals surface area contributed by atoms with Gasteiger partial charge in [-0.1, -0.05) is 18.5 Å². The van der Waals surface area contributed by atoms with E-state index in [-0.39, 0.29) is 40.7 Å². The van der Waals surface area contributed by atoms with E-state index in [1.165, 1.54) is 18.2 Å². The Bertz CT molecular complexity index is 549. The van der Waals surface area contributed by atoms with Crippen molar-refractivity contribution in [1.82, 2.24) is 4.90 Å². The van der Waals surface area contributed by atoms with E-state index in [0.29, 0.717) is 6.54 Å². The van der Waals surface area contributed by atoms with Crippen molar-refractivity contribution in [3.05, 3.63) is 38.9 Å². The van der Waals surface area contributed by atoms with Crippen molar-refractivity contribution in [2.75, 3.05) is 13.2 Å². The van der Waals surface area contributed by atoms with Crippen LogP contribution in [0.25, 0.3) is 0 Å². The first-order valence-electron chi connectivity index (χ1n) is 6.31. The average molecular weight is 299 g/mol. The summed E-state index contributed by atoms with van der Waals surface area (Å²) < 4.78 is 0. The number of aliphatic hydroxyl groups is 1. The topological polar surface area (TPSA) is 83.7 Å². The molecule has 108 valence electrons. The number of nitro groups is 1. The standard InChI is InChI=1S/C13H15ClN2O4/c1-8-2-3-15(12(8)7-17)13(18)9-4-10(14)6-11(5-9)16(19)20/h4-6,8,12,17H,2-3,7H2,1H3. The number of benzene rings is 1. The minimum Gasteiger partial charge on any atom is -0.394 e. The zero-order valence-electron chi connectivity index (χ0n) is 11.0. The number of halogens is 1. The lowest BCUT2D eigenvalue weighted by atomic mass is 10.0. The Kier molecular flexibility index (Phi) is 4.25. The maximum absolute atomic E-state index is 12.4. The minimum atomic E-state index is -0.585. The van der Waals surface area contributed by atoms with Gasteiger partial charge in [0.05, 0.1) is 17.6 Å². The van der Waals surface area contributed by atoms with E-state index in [1.54, 1.807) is 4.90 Å². The van der Waals surface area contributed by atoms with Gasteiger partial charge in [-0.15, -0.1) is 0 Å². The molecule has 2 unspecified atom stereocenters. The molecule has 6 nitrogen and oxygen atoms in total. The van der Waals surface area contributed by atoms with E-state index >= 15 is 0 Å². The maximum Gasteiger partial charge on any atom is 0.271 e. The molecule has 1 aliphatic rings. The van der Waals surface area contributed by atoms with Crippen LogP contribution in [0.5, 0.6) is 0 Å². The number of aliphatic hydroxyl groups excluding tert-OH is 1. The first kappa shape index (κ1) is 14.7. The van der Waals surface area contributed by atoms with Crippen LogP contribution in [-0.4, -0.2) is 40.0 Å². The van der Waals surface area contributed by atoms with Crippen LogP contribution in [0.15, 0.2) is 18.2 Å². The molecule has 0 radical (unpaired) electrons. The molecule has 0 spiro atoms. The molecule has 2 atom stereocenters. The van der Waals surface area contributed by atoms with Gasteiger partial charge in [0.2, 0.25) is 0 Å². The van der Waals surface area contributed by atoms with Crippen molar-refractivity contribution < 1.29 is 14.8 Å². The van der Waals surface area contributed by atoms with E-state index < -0.39 is 4.92 Å². The number of carbonyl (C=O) groups excluding carboxylic acids is 1. The molecule has 1 saturated heterocycles. The van der Waals surface area contributed by atoms with Gasteiger partial charge in [0.15, 0.2) is 0 Å². The summed E-state index contributed by atoms with van der Waals surface area (Å²) in [5.41, 5.74) is -0.0367. The third kappa shape index (κ3) is 2.76. The third-order valence-electron chi connectivity index (χ3n) is 3.67. The molecule has 20 heavy (non-hydrogen) atoms. The molecule has 1 aliphatic heterocycles. The molecule has 0 aromatic heterocycles. The second-order valence-electron chi connectivity index (χ2n) is 4.97. The second-order valence-corrected chi connectivity index (χ2v) is 5.41. The summed E-state index contributed by atoms with van der Waals surface area (Å²) in [4.78, 5) is 24.2. The molecule has 1 aromatic carbocycles. The number of likely N-dealkylation sites (tertiary alicyclic amines) is 1. The summed E-state index contributed by atoms with van der Waals surface area (Å²) in [5.74, 6) is -0.128. The second kappa shape index (κ2) is 5.76. The molecule has 1 fully saturated rings. The maximum atomic E-state index is 12.4. The molecule has 2 rings (SSSR count). The minimum absolute atomic E-state index is 0.116. The number of amides is 1. The van der Waals surface area contributed by atoms with Crippen LogP contribution in [0, 0.1) is 16.0 Å². The van der Waals surface area contributed by atoms with E-state index in [2.05, 4.69) is 0 Å². The fourth-order valence-corrected chi connectivity index (χ4v) is 2.74. The van der Waals surface area contributed by atoms with Gasteiger partial charge in [0, 0.05) is 29.3 Å². The Morgan fingerprint density at radius 1 is 1.55 bits per heavy atom. The summed E-state index contributed by atoms with van der Waals surface area (Å²) >= 11 is 5.82. The highest BCUT2D eigenvalue weighted by atomic mass is 35.5. The zero-order valence-corrected chi connectivity index (χ0v) is 11.7. The average Bonchev–Trinajstić information content (AvgIpc) is 2.78. The summed E-state index contributed by atoms with van der Waals surface area (Å²) in [5, 5.41) is 20.3. The van der Waals surface area contributed by atoms with Crippen molar-refractivity contribution in [2.45, 2.75) is 19.4 Å². The zero-order chi connectivity index (χ0) is 14.9. The molecule has 7 heteroatoms. The quantitative estimate of drug-likeness (QED) is 0.684. The molecular formula is C13H15ClN2O4. The lowest BCUT2D eigenvalue weighted by Gasteiger charge is -2.25. The Morgan fingerprint density at radius 3 is 2.85 bits per heavy atom. The fraction of sp³-hybridized carbons (Fsp3) is 0.462. The van der Waals surface area contributed by atoms with Gasteiger partial charge < -0.3 is 10.0 Å². The summed E-state index contributed by atoms with van der Waals surface area (Å²) in [6.07, 6.45) is 0.805. The van der Waals surface area contributed by atoms with E-state index in [1.807, 2.05) is 6.92 Å². The summed E-state index contributed by atoms with van der Waals surface area (Å²) in [6.45, 7) is 2.38. The number of hydrogen-bond acceptors (Lipinski definition) is 4. The molecule has 0 saturated carbocycles. The molecule has 0 bridgehead atoms. The number of carbonyl (C=O) groups is 1. The van der Waals surface area contributed by atoms with Crippen LogP contribution >= 0.6 is 11.6 Å². The van der Waals surface area contributed by atoms with E-state index in [0.717, 1.165) is 6.42 Å². The number of rotatable bonds is 3. The van der Waals surface area contributed by atoms with E-state index in [4.69, 9.17) is 11.6 Å². The number of nitrogens with zero attached hydrogens (tertiary/aromatic N) is 2. The Labute approximate surface area is 121 Å². The van der Waals surface area contributed by atoms with Crippen LogP contribution in [0.1, 0.15) is 23.7 Å². The largest absolute Gasteiger partial charge is 0.394 e. The van der Waals surface area contributed by atoms with Gasteiger partial charge in [-0.25, -0.2) is 0 Å². The SMILES string of the molecule is CC1CCN(C(=O)c2cc(Cl)cc([N+](=O)[O-])c2)C1CO. The number of hydrogen-bond donors (Lipinski definition) is 1. The lowest BCUT2D eigenvalue weighted by molar-refractivity contribution is -0.384. The predicted molar refractivity (Wildman–Crippen MR) is 73.8 cm³/mol. The lowest BCUT2D eigenvalue weighted by Crippen LogP contribution is -2.39. The highest BCUT2D eigenvalue weighted by Crippen LogP contribution is 2.27. The summed E-state index contributed by atoms with van der Waals surface area (Å²) in [7, 11) is 0. The first-order chi connectivity index (χ1) is 9.43. The monoisotopic (exact) mass is 298 g/mol. The Hall–Kier alpha value is -1.66. The van der Waals surface area contributed by atoms with Crippen molar-refractivity contribution in [3.63, 3.8) is 0 Å². The van der Waals surface area contributed by atoms with Crippen LogP contribution in [0.2, 0.25) is 5.02 Å². The highest BCUT2D eigenvalue weighted by molar-refractivity contribution is 6.31. The predicted octanol–water partition coefficient (Wildman–Crippen LogP) is 2.09. The highest BCUT2D eigenvalue weighted by Gasteiger charge is 2.34. The fourth-order valence-electron chi connectivity index (χ4n) is 2.51. The van der Waals surface area contributed by atoms with Gasteiger partial charge in [-0.05, 0) is 18.4 Å². The van der Waals surface area contributed by atoms with Gasteiger partial charge in [-0.3, -0.25) is 14.9 Å². The van der Waals surface area contributed by atoms with Gasteiger partial charge >= 0.3 is 0 Å². The number of non-ortho nitro benzene ring substituents is 1. The van der Waals surface area contributed by atoms with Crippen molar-refractivity contribution in [1.29, 1.82) is 0 Å². The molecule has 1 N–H and O–H groups in total. The molecular weight excluding hydrogens is 284 g/mol. The molecule has 1 aromatic rings. The number of nitro benzene ring substituents is 1. The molecule has 0 aliphatic carbocycles. The normalized spacial score (nSPS) is 22.1. The van der Waals surface area contributed by atoms with Gasteiger partial charge in [-0.2, -0.15) is 0 Å². The summed E-state index contributed by atoms with van der Waals surface area (Å²) in [6, 6.07) is 3.58. The Morgan fingerprint density at radius 2 is 2.25 bits per heavy atom. The van der Waals surface area contributed by atoms with E-state index in [9.17, 15) is 20.0 Å². The van der Waals surface area contributed by atoms with Crippen LogP contribution in [-0.2, 0) is 0 Å².